The zero-order valence-corrected chi connectivity index (χ0v) is 16.7. The highest BCUT2D eigenvalue weighted by molar-refractivity contribution is 14.0. The second-order valence-electron chi connectivity index (χ2n) is 6.05. The van der Waals surface area contributed by atoms with Crippen molar-refractivity contribution in [2.24, 2.45) is 10.9 Å². The standard InChI is InChI=1S/C15H33N5.HI/c1-6-19-7-9-20(10-8-19)14(4)12-18-15(16-5)17-11-13(2)3;/h13-14H,6-12H2,1-5H3,(H2,16,17,18);1H. The molecule has 126 valence electrons. The van der Waals surface area contributed by atoms with Crippen molar-refractivity contribution in [2.45, 2.75) is 33.7 Å². The summed E-state index contributed by atoms with van der Waals surface area (Å²) in [4.78, 5) is 9.35. The maximum atomic E-state index is 4.27. The third-order valence-electron chi connectivity index (χ3n) is 3.94. The fourth-order valence-corrected chi connectivity index (χ4v) is 2.42. The van der Waals surface area contributed by atoms with E-state index in [9.17, 15) is 0 Å². The minimum atomic E-state index is 0. The lowest BCUT2D eigenvalue weighted by Gasteiger charge is -2.37. The highest BCUT2D eigenvalue weighted by atomic mass is 127. The Hall–Kier alpha value is -0.0800. The molecule has 0 aliphatic carbocycles. The van der Waals surface area contributed by atoms with Gasteiger partial charge in [-0.05, 0) is 19.4 Å². The fraction of sp³-hybridized carbons (Fsp3) is 0.933. The monoisotopic (exact) mass is 411 g/mol. The number of guanidine groups is 1. The van der Waals surface area contributed by atoms with Crippen molar-refractivity contribution in [3.05, 3.63) is 0 Å². The molecule has 0 aromatic carbocycles. The lowest BCUT2D eigenvalue weighted by Crippen LogP contribution is -2.53. The predicted molar refractivity (Wildman–Crippen MR) is 103 cm³/mol. The van der Waals surface area contributed by atoms with Gasteiger partial charge in [-0.2, -0.15) is 0 Å². The Bertz CT molecular complexity index is 288. The van der Waals surface area contributed by atoms with Crippen LogP contribution in [0.4, 0.5) is 0 Å². The molecule has 0 bridgehead atoms. The predicted octanol–water partition coefficient (Wildman–Crippen LogP) is 1.45. The van der Waals surface area contributed by atoms with Gasteiger partial charge in [-0.15, -0.1) is 24.0 Å². The van der Waals surface area contributed by atoms with E-state index in [1.165, 1.54) is 32.7 Å². The first-order chi connectivity index (χ1) is 9.56. The quantitative estimate of drug-likeness (QED) is 0.395. The minimum Gasteiger partial charge on any atom is -0.356 e. The second-order valence-corrected chi connectivity index (χ2v) is 6.05. The normalized spacial score (nSPS) is 19.2. The van der Waals surface area contributed by atoms with Gasteiger partial charge in [0.2, 0.25) is 0 Å². The Morgan fingerprint density at radius 1 is 1.05 bits per heavy atom. The Labute approximate surface area is 148 Å². The Morgan fingerprint density at radius 3 is 2.10 bits per heavy atom. The molecule has 2 N–H and O–H groups in total. The first-order valence-corrected chi connectivity index (χ1v) is 7.97. The first kappa shape index (κ1) is 20.9. The van der Waals surface area contributed by atoms with E-state index in [1.807, 2.05) is 7.05 Å². The van der Waals surface area contributed by atoms with Gasteiger partial charge in [0.05, 0.1) is 0 Å². The van der Waals surface area contributed by atoms with Gasteiger partial charge in [0.1, 0.15) is 0 Å². The zero-order chi connectivity index (χ0) is 15.0. The Kier molecular flexibility index (Phi) is 11.4. The van der Waals surface area contributed by atoms with Crippen LogP contribution in [0.25, 0.3) is 0 Å². The van der Waals surface area contributed by atoms with Gasteiger partial charge in [0.25, 0.3) is 0 Å². The smallest absolute Gasteiger partial charge is 0.191 e. The van der Waals surface area contributed by atoms with Crippen LogP contribution >= 0.6 is 24.0 Å². The first-order valence-electron chi connectivity index (χ1n) is 7.97. The van der Waals surface area contributed by atoms with Gasteiger partial charge in [0, 0.05) is 52.4 Å². The number of likely N-dealkylation sites (N-methyl/N-ethyl adjacent to an activating group) is 1. The molecule has 1 rings (SSSR count). The average molecular weight is 411 g/mol. The largest absolute Gasteiger partial charge is 0.356 e. The molecule has 1 aliphatic heterocycles. The number of halogens is 1. The highest BCUT2D eigenvalue weighted by Crippen LogP contribution is 2.05. The number of hydrogen-bond donors (Lipinski definition) is 2. The number of nitrogens with one attached hydrogen (secondary N) is 2. The van der Waals surface area contributed by atoms with Gasteiger partial charge in [0.15, 0.2) is 5.96 Å². The van der Waals surface area contributed by atoms with Crippen LogP contribution in [-0.4, -0.2) is 74.7 Å². The Balaban J connectivity index is 0.00000400. The summed E-state index contributed by atoms with van der Waals surface area (Å²) in [5.41, 5.74) is 0. The van der Waals surface area contributed by atoms with Crippen LogP contribution < -0.4 is 10.6 Å². The summed E-state index contributed by atoms with van der Waals surface area (Å²) in [7, 11) is 1.83. The van der Waals surface area contributed by atoms with Crippen LogP contribution in [-0.2, 0) is 0 Å². The summed E-state index contributed by atoms with van der Waals surface area (Å²) in [6, 6.07) is 0.548. The molecule has 0 saturated carbocycles. The van der Waals surface area contributed by atoms with Crippen molar-refractivity contribution >= 4 is 29.9 Å². The van der Waals surface area contributed by atoms with E-state index in [0.717, 1.165) is 19.0 Å². The summed E-state index contributed by atoms with van der Waals surface area (Å²) in [5, 5.41) is 6.79. The van der Waals surface area contributed by atoms with Crippen molar-refractivity contribution in [1.82, 2.24) is 20.4 Å². The van der Waals surface area contributed by atoms with Crippen LogP contribution in [0.2, 0.25) is 0 Å². The number of aliphatic imine (C=N–C) groups is 1. The molecule has 1 atom stereocenters. The average Bonchev–Trinajstić information content (AvgIpc) is 2.47. The van der Waals surface area contributed by atoms with Crippen LogP contribution in [0.3, 0.4) is 0 Å². The van der Waals surface area contributed by atoms with E-state index in [1.54, 1.807) is 0 Å². The number of piperazine rings is 1. The van der Waals surface area contributed by atoms with Crippen molar-refractivity contribution in [3.8, 4) is 0 Å². The third kappa shape index (κ3) is 8.21. The molecular weight excluding hydrogens is 377 g/mol. The molecule has 0 radical (unpaired) electrons. The van der Waals surface area contributed by atoms with E-state index in [2.05, 4.69) is 53.1 Å². The van der Waals surface area contributed by atoms with Gasteiger partial charge < -0.3 is 15.5 Å². The maximum Gasteiger partial charge on any atom is 0.191 e. The lowest BCUT2D eigenvalue weighted by molar-refractivity contribution is 0.107. The zero-order valence-electron chi connectivity index (χ0n) is 14.4. The molecule has 0 spiro atoms. The van der Waals surface area contributed by atoms with E-state index >= 15 is 0 Å². The molecule has 1 unspecified atom stereocenters. The number of nitrogens with zero attached hydrogens (tertiary/aromatic N) is 3. The van der Waals surface area contributed by atoms with Crippen molar-refractivity contribution in [1.29, 1.82) is 0 Å². The van der Waals surface area contributed by atoms with E-state index in [0.29, 0.717) is 12.0 Å². The number of rotatable bonds is 6. The lowest BCUT2D eigenvalue weighted by atomic mass is 10.2. The summed E-state index contributed by atoms with van der Waals surface area (Å²) < 4.78 is 0. The highest BCUT2D eigenvalue weighted by Gasteiger charge is 2.20. The molecule has 1 aliphatic rings. The van der Waals surface area contributed by atoms with Crippen molar-refractivity contribution in [3.63, 3.8) is 0 Å². The fourth-order valence-electron chi connectivity index (χ4n) is 2.42. The third-order valence-corrected chi connectivity index (χ3v) is 3.94. The number of hydrogen-bond acceptors (Lipinski definition) is 3. The summed E-state index contributed by atoms with van der Waals surface area (Å²) in [5.74, 6) is 1.55. The molecule has 1 fully saturated rings. The molecule has 0 aromatic rings. The van der Waals surface area contributed by atoms with E-state index in [-0.39, 0.29) is 24.0 Å². The summed E-state index contributed by atoms with van der Waals surface area (Å²) >= 11 is 0. The van der Waals surface area contributed by atoms with E-state index < -0.39 is 0 Å². The molecular formula is C15H34IN5. The van der Waals surface area contributed by atoms with Gasteiger partial charge >= 0.3 is 0 Å². The Morgan fingerprint density at radius 2 is 1.62 bits per heavy atom. The SMILES string of the molecule is CCN1CCN(C(C)CNC(=NC)NCC(C)C)CC1.I. The van der Waals surface area contributed by atoms with Crippen LogP contribution in [0.1, 0.15) is 27.7 Å². The van der Waals surface area contributed by atoms with E-state index in [4.69, 9.17) is 0 Å². The molecule has 0 aromatic heterocycles. The van der Waals surface area contributed by atoms with Crippen molar-refractivity contribution < 1.29 is 0 Å². The second kappa shape index (κ2) is 11.5. The minimum absolute atomic E-state index is 0. The maximum absolute atomic E-state index is 4.27. The molecule has 0 amide bonds. The van der Waals surface area contributed by atoms with Crippen LogP contribution in [0, 0.1) is 5.92 Å². The van der Waals surface area contributed by atoms with Crippen LogP contribution in [0.5, 0.6) is 0 Å². The topological polar surface area (TPSA) is 42.9 Å². The van der Waals surface area contributed by atoms with Gasteiger partial charge in [-0.1, -0.05) is 20.8 Å². The summed E-state index contributed by atoms with van der Waals surface area (Å²) in [6.45, 7) is 16.8. The molecule has 5 nitrogen and oxygen atoms in total. The van der Waals surface area contributed by atoms with Gasteiger partial charge in [-0.3, -0.25) is 9.89 Å². The van der Waals surface area contributed by atoms with Crippen LogP contribution in [0.15, 0.2) is 4.99 Å². The molecule has 1 saturated heterocycles. The summed E-state index contributed by atoms with van der Waals surface area (Å²) in [6.07, 6.45) is 0. The molecule has 1 heterocycles. The van der Waals surface area contributed by atoms with Gasteiger partial charge in [-0.25, -0.2) is 0 Å². The molecule has 21 heavy (non-hydrogen) atoms. The molecule has 6 heteroatoms. The van der Waals surface area contributed by atoms with Crippen molar-refractivity contribution in [2.75, 3.05) is 52.9 Å².